The summed E-state index contributed by atoms with van der Waals surface area (Å²) in [6.07, 6.45) is -0.385. The second-order valence-electron chi connectivity index (χ2n) is 8.42. The van der Waals surface area contributed by atoms with Crippen molar-refractivity contribution in [1.82, 2.24) is 4.90 Å². The molecule has 188 valence electrons. The Morgan fingerprint density at radius 3 is 2.43 bits per heavy atom. The highest BCUT2D eigenvalue weighted by Crippen LogP contribution is 2.48. The Morgan fingerprint density at radius 1 is 1.11 bits per heavy atom. The molecule has 0 bridgehead atoms. The minimum Gasteiger partial charge on any atom is -0.497 e. The highest BCUT2D eigenvalue weighted by Gasteiger charge is 2.42. The highest BCUT2D eigenvalue weighted by atomic mass is 32.2. The van der Waals surface area contributed by atoms with Crippen LogP contribution in [-0.2, 0) is 19.1 Å². The number of ether oxygens (including phenoxy) is 3. The van der Waals surface area contributed by atoms with Crippen molar-refractivity contribution in [3.8, 4) is 5.75 Å². The molecule has 2 unspecified atom stereocenters. The maximum absolute atomic E-state index is 13.9. The largest absolute Gasteiger partial charge is 0.497 e. The summed E-state index contributed by atoms with van der Waals surface area (Å²) >= 11 is 1.33. The van der Waals surface area contributed by atoms with Crippen LogP contribution in [0.1, 0.15) is 41.4 Å². The molecule has 0 N–H and O–H groups in total. The molecule has 0 aromatic heterocycles. The summed E-state index contributed by atoms with van der Waals surface area (Å²) in [5, 5.41) is -0.583. The lowest BCUT2D eigenvalue weighted by molar-refractivity contribution is -0.152. The number of likely N-dealkylation sites (N-methyl/N-ethyl adjacent to an activating group) is 1. The van der Waals surface area contributed by atoms with Crippen molar-refractivity contribution in [3.05, 3.63) is 53.6 Å². The van der Waals surface area contributed by atoms with E-state index in [2.05, 4.69) is 0 Å². The Morgan fingerprint density at radius 2 is 1.83 bits per heavy atom. The summed E-state index contributed by atoms with van der Waals surface area (Å²) in [7, 11) is 5.41. The highest BCUT2D eigenvalue weighted by molar-refractivity contribution is 8.00. The van der Waals surface area contributed by atoms with Crippen molar-refractivity contribution < 1.29 is 28.6 Å². The lowest BCUT2D eigenvalue weighted by Gasteiger charge is -2.28. The van der Waals surface area contributed by atoms with Gasteiger partial charge in [0.05, 0.1) is 30.2 Å². The molecule has 0 saturated heterocycles. The third kappa shape index (κ3) is 6.35. The molecule has 0 saturated carbocycles. The first-order chi connectivity index (χ1) is 16.8. The maximum Gasteiger partial charge on any atom is 0.339 e. The summed E-state index contributed by atoms with van der Waals surface area (Å²) in [4.78, 5) is 43.1. The second kappa shape index (κ2) is 12.1. The Kier molecular flexibility index (Phi) is 9.17. The third-order valence-electron chi connectivity index (χ3n) is 5.48. The zero-order valence-electron chi connectivity index (χ0n) is 20.8. The average Bonchev–Trinajstić information content (AvgIpc) is 2.95. The van der Waals surface area contributed by atoms with E-state index >= 15 is 0 Å². The molecule has 35 heavy (non-hydrogen) atoms. The van der Waals surface area contributed by atoms with Gasteiger partial charge in [0.25, 0.3) is 5.91 Å². The van der Waals surface area contributed by atoms with E-state index < -0.39 is 23.3 Å². The van der Waals surface area contributed by atoms with Gasteiger partial charge in [-0.1, -0.05) is 25.1 Å². The van der Waals surface area contributed by atoms with E-state index in [-0.39, 0.29) is 5.91 Å². The second-order valence-corrected chi connectivity index (χ2v) is 9.58. The fourth-order valence-electron chi connectivity index (χ4n) is 3.74. The van der Waals surface area contributed by atoms with Gasteiger partial charge in [0, 0.05) is 24.9 Å². The number of carbonyl (C=O) groups is 3. The Balaban J connectivity index is 2.17. The summed E-state index contributed by atoms with van der Waals surface area (Å²) in [5.74, 6) is -0.674. The van der Waals surface area contributed by atoms with Crippen LogP contribution >= 0.6 is 11.8 Å². The minimum absolute atomic E-state index is 0.300. The third-order valence-corrected chi connectivity index (χ3v) is 6.92. The number of carbonyl (C=O) groups excluding carboxylic acids is 3. The van der Waals surface area contributed by atoms with Gasteiger partial charge in [-0.25, -0.2) is 4.79 Å². The predicted octanol–water partition coefficient (Wildman–Crippen LogP) is 3.94. The molecule has 1 aliphatic heterocycles. The SMILES string of the molecule is CCCOC(=O)c1cccc2c1SC(c1ccc(OC)cc1)C(OC(C)=O)C(=O)N2CCN(C)C. The quantitative estimate of drug-likeness (QED) is 0.479. The molecular weight excluding hydrogens is 468 g/mol. The van der Waals surface area contributed by atoms with Crippen molar-refractivity contribution in [3.63, 3.8) is 0 Å². The van der Waals surface area contributed by atoms with Gasteiger partial charge >= 0.3 is 11.9 Å². The van der Waals surface area contributed by atoms with Crippen LogP contribution in [0.2, 0.25) is 0 Å². The zero-order chi connectivity index (χ0) is 25.5. The number of nitrogens with zero attached hydrogens (tertiary/aromatic N) is 2. The summed E-state index contributed by atoms with van der Waals surface area (Å²) < 4.78 is 16.3. The van der Waals surface area contributed by atoms with Crippen LogP contribution < -0.4 is 9.64 Å². The molecule has 2 aromatic rings. The zero-order valence-corrected chi connectivity index (χ0v) is 21.6. The normalized spacial score (nSPS) is 17.5. The van der Waals surface area contributed by atoms with E-state index in [0.717, 1.165) is 5.56 Å². The lowest BCUT2D eigenvalue weighted by atomic mass is 10.1. The van der Waals surface area contributed by atoms with Crippen LogP contribution in [0, 0.1) is 0 Å². The molecule has 1 amide bonds. The molecule has 3 rings (SSSR count). The monoisotopic (exact) mass is 500 g/mol. The number of rotatable bonds is 9. The number of anilines is 1. The van der Waals surface area contributed by atoms with Crippen LogP contribution in [0.25, 0.3) is 0 Å². The number of methoxy groups -OCH3 is 1. The van der Waals surface area contributed by atoms with Gasteiger partial charge in [-0.2, -0.15) is 0 Å². The van der Waals surface area contributed by atoms with Gasteiger partial charge in [0.1, 0.15) is 5.75 Å². The van der Waals surface area contributed by atoms with Gasteiger partial charge < -0.3 is 24.0 Å². The van der Waals surface area contributed by atoms with Crippen LogP contribution in [0.4, 0.5) is 5.69 Å². The van der Waals surface area contributed by atoms with Gasteiger partial charge in [-0.15, -0.1) is 11.8 Å². The number of esters is 2. The Hall–Kier alpha value is -3.04. The van der Waals surface area contributed by atoms with Gasteiger partial charge in [-0.3, -0.25) is 9.59 Å². The number of hydrogen-bond acceptors (Lipinski definition) is 8. The van der Waals surface area contributed by atoms with E-state index in [1.807, 2.05) is 44.1 Å². The summed E-state index contributed by atoms with van der Waals surface area (Å²) in [5.41, 5.74) is 1.75. The average molecular weight is 501 g/mol. The van der Waals surface area contributed by atoms with E-state index in [1.54, 1.807) is 36.3 Å². The van der Waals surface area contributed by atoms with Gasteiger partial charge in [0.15, 0.2) is 6.10 Å². The first-order valence-electron chi connectivity index (χ1n) is 11.5. The summed E-state index contributed by atoms with van der Waals surface area (Å²) in [6.45, 7) is 4.46. The molecule has 2 atom stereocenters. The fourth-order valence-corrected chi connectivity index (χ4v) is 5.16. The number of thioether (sulfide) groups is 1. The van der Waals surface area contributed by atoms with E-state index in [0.29, 0.717) is 48.0 Å². The smallest absolute Gasteiger partial charge is 0.339 e. The maximum atomic E-state index is 13.9. The molecule has 9 heteroatoms. The van der Waals surface area contributed by atoms with Crippen molar-refractivity contribution >= 4 is 35.3 Å². The van der Waals surface area contributed by atoms with Gasteiger partial charge in [0.2, 0.25) is 0 Å². The molecule has 0 aliphatic carbocycles. The lowest BCUT2D eigenvalue weighted by Crippen LogP contribution is -2.45. The van der Waals surface area contributed by atoms with Crippen LogP contribution in [0.15, 0.2) is 47.4 Å². The van der Waals surface area contributed by atoms with Crippen LogP contribution in [-0.4, -0.2) is 69.8 Å². The van der Waals surface area contributed by atoms with Crippen LogP contribution in [0.5, 0.6) is 5.75 Å². The van der Waals surface area contributed by atoms with Crippen molar-refractivity contribution in [2.45, 2.75) is 36.5 Å². The summed E-state index contributed by atoms with van der Waals surface area (Å²) in [6, 6.07) is 12.5. The number of hydrogen-bond donors (Lipinski definition) is 0. The van der Waals surface area contributed by atoms with E-state index in [4.69, 9.17) is 14.2 Å². The van der Waals surface area contributed by atoms with E-state index in [9.17, 15) is 14.4 Å². The van der Waals surface area contributed by atoms with Gasteiger partial charge in [-0.05, 0) is 50.3 Å². The predicted molar refractivity (Wildman–Crippen MR) is 135 cm³/mol. The first-order valence-corrected chi connectivity index (χ1v) is 12.4. The standard InChI is InChI=1S/C26H32N2O6S/c1-6-16-33-26(31)20-8-7-9-21-24(20)35-23(18-10-12-19(32-5)13-11-18)22(34-17(2)29)25(30)28(21)15-14-27(3)4/h7-13,22-23H,6,14-16H2,1-5H3. The number of benzene rings is 2. The molecular formula is C26H32N2O6S. The van der Waals surface area contributed by atoms with Crippen molar-refractivity contribution in [1.29, 1.82) is 0 Å². The Labute approximate surface area is 210 Å². The molecule has 0 fully saturated rings. The fraction of sp³-hybridized carbons (Fsp3) is 0.423. The molecule has 2 aromatic carbocycles. The Bertz CT molecular complexity index is 1060. The molecule has 0 spiro atoms. The molecule has 8 nitrogen and oxygen atoms in total. The number of amides is 1. The minimum atomic E-state index is -1.08. The molecule has 1 heterocycles. The molecule has 1 aliphatic rings. The topological polar surface area (TPSA) is 85.4 Å². The van der Waals surface area contributed by atoms with Crippen molar-refractivity contribution in [2.75, 3.05) is 45.8 Å². The molecule has 0 radical (unpaired) electrons. The first kappa shape index (κ1) is 26.6. The van der Waals surface area contributed by atoms with Crippen LogP contribution in [0.3, 0.4) is 0 Å². The van der Waals surface area contributed by atoms with E-state index in [1.165, 1.54) is 18.7 Å². The number of fused-ring (bicyclic) bond motifs is 1. The van der Waals surface area contributed by atoms with Crippen molar-refractivity contribution in [2.24, 2.45) is 0 Å².